The summed E-state index contributed by atoms with van der Waals surface area (Å²) in [7, 11) is 1.88. The Morgan fingerprint density at radius 2 is 1.89 bits per heavy atom. The van der Waals surface area contributed by atoms with Gasteiger partial charge in [-0.2, -0.15) is 5.26 Å². The molecule has 2 atom stereocenters. The first-order chi connectivity index (χ1) is 27.5. The van der Waals surface area contributed by atoms with Crippen molar-refractivity contribution in [3.05, 3.63) is 88.0 Å². The molecule has 13 nitrogen and oxygen atoms in total. The topological polar surface area (TPSA) is 154 Å². The van der Waals surface area contributed by atoms with Gasteiger partial charge in [-0.3, -0.25) is 24.3 Å². The summed E-state index contributed by atoms with van der Waals surface area (Å²) < 4.78 is 49.3. The molecule has 2 amide bonds. The number of hydrogen-bond donors (Lipinski definition) is 3. The number of rotatable bonds is 11. The van der Waals surface area contributed by atoms with Crippen LogP contribution in [0.25, 0.3) is 10.9 Å². The van der Waals surface area contributed by atoms with Crippen LogP contribution in [0.5, 0.6) is 11.5 Å². The third-order valence-electron chi connectivity index (χ3n) is 11.9. The van der Waals surface area contributed by atoms with Gasteiger partial charge in [0.15, 0.2) is 11.6 Å². The molecule has 2 unspecified atom stereocenters. The lowest BCUT2D eigenvalue weighted by atomic mass is 9.73. The van der Waals surface area contributed by atoms with Gasteiger partial charge in [-0.25, -0.2) is 18.1 Å². The molecule has 1 aliphatic carbocycles. The lowest BCUT2D eigenvalue weighted by Crippen LogP contribution is -2.51. The summed E-state index contributed by atoms with van der Waals surface area (Å²) >= 11 is 1.28. The number of nitrogens with zero attached hydrogens (tertiary/aromatic N) is 5. The number of imide groups is 1. The minimum absolute atomic E-state index is 0.00838. The van der Waals surface area contributed by atoms with Gasteiger partial charge < -0.3 is 24.4 Å². The smallest absolute Gasteiger partial charge is 0.261 e. The molecular weight excluding hydrogens is 755 g/mol. The molecule has 4 fully saturated rings. The average molecular weight is 799 g/mol. The van der Waals surface area contributed by atoms with Crippen LogP contribution in [-0.2, 0) is 14.3 Å². The highest BCUT2D eigenvalue weighted by molar-refractivity contribution is 7.98. The van der Waals surface area contributed by atoms with Crippen LogP contribution >= 0.6 is 12.1 Å². The molecule has 3 aliphatic heterocycles. The SMILES string of the molecule is CCN(C)SNc1ccc(F)c(Oc2ccc3ncn(C4COC5(CCN(C6CC(c7ccc(NC8CCC(=O)NC8=O)cc7F)C6)CC5)C4)c(=O)c3c2)c1C#N. The maximum absolute atomic E-state index is 15.2. The minimum atomic E-state index is -0.701. The number of amides is 2. The zero-order valence-electron chi connectivity index (χ0n) is 31.7. The second-order valence-electron chi connectivity index (χ2n) is 15.4. The second-order valence-corrected chi connectivity index (χ2v) is 16.4. The summed E-state index contributed by atoms with van der Waals surface area (Å²) in [5.74, 6) is -1.59. The van der Waals surface area contributed by atoms with E-state index >= 15 is 8.78 Å². The molecule has 0 radical (unpaired) electrons. The van der Waals surface area contributed by atoms with Crippen LogP contribution in [-0.4, -0.2) is 81.5 Å². The molecule has 4 aliphatic rings. The van der Waals surface area contributed by atoms with E-state index in [0.717, 1.165) is 45.3 Å². The summed E-state index contributed by atoms with van der Waals surface area (Å²) in [6, 6.07) is 14.2. The molecule has 4 aromatic rings. The van der Waals surface area contributed by atoms with Gasteiger partial charge >= 0.3 is 0 Å². The zero-order valence-corrected chi connectivity index (χ0v) is 32.5. The highest BCUT2D eigenvalue weighted by Gasteiger charge is 2.46. The Kier molecular flexibility index (Phi) is 10.9. The van der Waals surface area contributed by atoms with E-state index in [9.17, 15) is 19.6 Å². The Morgan fingerprint density at radius 1 is 1.09 bits per heavy atom. The summed E-state index contributed by atoms with van der Waals surface area (Å²) in [5.41, 5.74) is 1.48. The van der Waals surface area contributed by atoms with Gasteiger partial charge in [0.05, 0.1) is 41.2 Å². The number of carbonyl (C=O) groups excluding carboxylic acids is 2. The van der Waals surface area contributed by atoms with Crippen molar-refractivity contribution in [2.75, 3.05) is 43.3 Å². The largest absolute Gasteiger partial charge is 0.453 e. The fourth-order valence-electron chi connectivity index (χ4n) is 8.37. The number of ether oxygens (including phenoxy) is 2. The van der Waals surface area contributed by atoms with Gasteiger partial charge in [0.1, 0.15) is 29.2 Å². The molecule has 3 aromatic carbocycles. The molecule has 3 saturated heterocycles. The summed E-state index contributed by atoms with van der Waals surface area (Å²) in [6.07, 6.45) is 6.22. The predicted octanol–water partition coefficient (Wildman–Crippen LogP) is 6.22. The number of nitrogens with one attached hydrogen (secondary N) is 3. The minimum Gasteiger partial charge on any atom is -0.453 e. The van der Waals surface area contributed by atoms with Crippen molar-refractivity contribution in [1.29, 1.82) is 5.26 Å². The van der Waals surface area contributed by atoms with Crippen molar-refractivity contribution in [1.82, 2.24) is 24.1 Å². The van der Waals surface area contributed by atoms with E-state index in [4.69, 9.17) is 9.47 Å². The Labute approximate surface area is 333 Å². The van der Waals surface area contributed by atoms with Gasteiger partial charge in [-0.1, -0.05) is 13.0 Å². The van der Waals surface area contributed by atoms with Crippen molar-refractivity contribution in [3.8, 4) is 17.6 Å². The van der Waals surface area contributed by atoms with Crippen LogP contribution in [0.4, 0.5) is 20.2 Å². The van der Waals surface area contributed by atoms with E-state index in [2.05, 4.69) is 25.2 Å². The Hall–Kier alpha value is -5.08. The molecule has 8 rings (SSSR count). The first-order valence-electron chi connectivity index (χ1n) is 19.4. The molecule has 57 heavy (non-hydrogen) atoms. The van der Waals surface area contributed by atoms with E-state index in [1.54, 1.807) is 35.2 Å². The van der Waals surface area contributed by atoms with E-state index in [1.165, 1.54) is 36.4 Å². The highest BCUT2D eigenvalue weighted by atomic mass is 32.2. The Bertz CT molecular complexity index is 2310. The molecule has 3 N–H and O–H groups in total. The number of likely N-dealkylation sites (tertiary alicyclic amines) is 1. The molecule has 1 saturated carbocycles. The maximum atomic E-state index is 15.2. The fraction of sp³-hybridized carbons (Fsp3) is 0.439. The number of nitriles is 1. The number of halogens is 2. The van der Waals surface area contributed by atoms with E-state index < -0.39 is 17.8 Å². The van der Waals surface area contributed by atoms with Crippen LogP contribution in [0.3, 0.4) is 0 Å². The molecule has 1 aromatic heterocycles. The lowest BCUT2D eigenvalue weighted by Gasteiger charge is -2.48. The van der Waals surface area contributed by atoms with E-state index in [-0.39, 0.29) is 58.3 Å². The van der Waals surface area contributed by atoms with Gasteiger partial charge in [-0.05, 0) is 99.5 Å². The third kappa shape index (κ3) is 7.94. The summed E-state index contributed by atoms with van der Waals surface area (Å²) in [6.45, 7) is 4.80. The summed E-state index contributed by atoms with van der Waals surface area (Å²) in [4.78, 5) is 44.5. The van der Waals surface area contributed by atoms with Gasteiger partial charge in [0.2, 0.25) is 11.8 Å². The number of anilines is 2. The Morgan fingerprint density at radius 3 is 2.63 bits per heavy atom. The van der Waals surface area contributed by atoms with Crippen LogP contribution < -0.4 is 25.7 Å². The molecule has 1 spiro atoms. The van der Waals surface area contributed by atoms with Crippen molar-refractivity contribution >= 4 is 46.2 Å². The number of aromatic nitrogens is 2. The van der Waals surface area contributed by atoms with E-state index in [0.29, 0.717) is 53.3 Å². The van der Waals surface area contributed by atoms with Crippen LogP contribution in [0.2, 0.25) is 0 Å². The molecule has 298 valence electrons. The van der Waals surface area contributed by atoms with Gasteiger partial charge in [0, 0.05) is 49.9 Å². The molecule has 16 heteroatoms. The van der Waals surface area contributed by atoms with Gasteiger partial charge in [-0.15, -0.1) is 0 Å². The van der Waals surface area contributed by atoms with Gasteiger partial charge in [0.25, 0.3) is 5.56 Å². The van der Waals surface area contributed by atoms with Crippen LogP contribution in [0.1, 0.15) is 75.0 Å². The normalized spacial score (nSPS) is 23.3. The second kappa shape index (κ2) is 16.0. The molecule has 4 heterocycles. The number of fused-ring (bicyclic) bond motifs is 1. The number of hydrogen-bond acceptors (Lipinski definition) is 12. The lowest BCUT2D eigenvalue weighted by molar-refractivity contribution is -0.133. The third-order valence-corrected chi connectivity index (χ3v) is 12.8. The maximum Gasteiger partial charge on any atom is 0.261 e. The zero-order chi connectivity index (χ0) is 39.8. The van der Waals surface area contributed by atoms with E-state index in [1.807, 2.05) is 24.3 Å². The first-order valence-corrected chi connectivity index (χ1v) is 20.1. The quantitative estimate of drug-likeness (QED) is 0.117. The van der Waals surface area contributed by atoms with Crippen LogP contribution in [0, 0.1) is 23.0 Å². The first kappa shape index (κ1) is 38.8. The highest BCUT2D eigenvalue weighted by Crippen LogP contribution is 2.46. The van der Waals surface area contributed by atoms with Crippen molar-refractivity contribution in [2.45, 2.75) is 81.5 Å². The average Bonchev–Trinajstić information content (AvgIpc) is 3.60. The standard InChI is InChI=1S/C41H44F2N8O5S/c1-3-49(2)57-48-35-9-7-32(42)38(31(35)21-44)56-28-5-8-34-30(19-28)40(54)51(23-45-34)27-20-41(55-22-27)12-14-50(15-13-41)26-16-24(17-26)29-6-4-25(18-33(29)43)46-36-10-11-37(52)47-39(36)53/h4-9,18-19,23-24,26-27,36,46,48H,3,10-17,20,22H2,1-2H3,(H,47,52,53). The molecular formula is C41H44F2N8O5S. The van der Waals surface area contributed by atoms with Crippen molar-refractivity contribution in [3.63, 3.8) is 0 Å². The fourth-order valence-corrected chi connectivity index (χ4v) is 8.92. The Balaban J connectivity index is 0.875. The van der Waals surface area contributed by atoms with Crippen molar-refractivity contribution < 1.29 is 27.8 Å². The summed E-state index contributed by atoms with van der Waals surface area (Å²) in [5, 5.41) is 15.6. The van der Waals surface area contributed by atoms with Crippen molar-refractivity contribution in [2.24, 2.45) is 0 Å². The molecule has 0 bridgehead atoms. The number of piperidine rings is 2. The predicted molar refractivity (Wildman–Crippen MR) is 212 cm³/mol. The van der Waals surface area contributed by atoms with Crippen LogP contribution in [0.15, 0.2) is 59.7 Å². The number of carbonyl (C=O) groups is 2. The monoisotopic (exact) mass is 798 g/mol. The number of benzene rings is 3.